The van der Waals surface area contributed by atoms with Crippen molar-refractivity contribution < 1.29 is 19.4 Å². The summed E-state index contributed by atoms with van der Waals surface area (Å²) in [5.74, 6) is -0.625. The van der Waals surface area contributed by atoms with Gasteiger partial charge in [-0.3, -0.25) is 4.79 Å². The molecular weight excluding hydrogens is 328 g/mol. The van der Waals surface area contributed by atoms with Crippen LogP contribution in [0.4, 0.5) is 0 Å². The molecule has 0 aliphatic carbocycles. The molecule has 128 valence electrons. The van der Waals surface area contributed by atoms with Crippen LogP contribution < -0.4 is 4.74 Å². The van der Waals surface area contributed by atoms with E-state index in [1.165, 1.54) is 0 Å². The van der Waals surface area contributed by atoms with Gasteiger partial charge >= 0.3 is 5.97 Å². The van der Waals surface area contributed by atoms with Crippen LogP contribution in [0, 0.1) is 20.8 Å². The summed E-state index contributed by atoms with van der Waals surface area (Å²) in [4.78, 5) is 30.1. The van der Waals surface area contributed by atoms with Crippen molar-refractivity contribution in [2.45, 2.75) is 27.3 Å². The highest BCUT2D eigenvalue weighted by atomic mass is 32.1. The Bertz CT molecular complexity index is 747. The zero-order valence-electron chi connectivity index (χ0n) is 14.1. The number of aryl methyl sites for hydroxylation is 3. The van der Waals surface area contributed by atoms with Gasteiger partial charge in [0.2, 0.25) is 0 Å². The average molecular weight is 348 g/mol. The second-order valence-electron chi connectivity index (χ2n) is 5.63. The van der Waals surface area contributed by atoms with Gasteiger partial charge in [-0.1, -0.05) is 0 Å². The van der Waals surface area contributed by atoms with E-state index in [0.29, 0.717) is 17.9 Å². The molecule has 0 aliphatic heterocycles. The van der Waals surface area contributed by atoms with Gasteiger partial charge in [0.1, 0.15) is 5.75 Å². The van der Waals surface area contributed by atoms with E-state index >= 15 is 0 Å². The van der Waals surface area contributed by atoms with Crippen molar-refractivity contribution in [1.29, 1.82) is 0 Å². The molecule has 0 atom stereocenters. The number of carboxylic acid groups (broad SMARTS) is 1. The first-order valence-corrected chi connectivity index (χ1v) is 8.22. The number of thiazole rings is 1. The summed E-state index contributed by atoms with van der Waals surface area (Å²) in [6.07, 6.45) is 1.78. The first-order chi connectivity index (χ1) is 11.3. The highest BCUT2D eigenvalue weighted by Crippen LogP contribution is 2.26. The lowest BCUT2D eigenvalue weighted by atomic mass is 10.0. The lowest BCUT2D eigenvalue weighted by molar-refractivity contribution is -0.139. The Kier molecular flexibility index (Phi) is 5.56. The van der Waals surface area contributed by atoms with E-state index in [1.807, 2.05) is 6.92 Å². The largest absolute Gasteiger partial charge is 0.481 e. The first-order valence-electron chi connectivity index (χ1n) is 7.40. The van der Waals surface area contributed by atoms with Crippen molar-refractivity contribution in [2.24, 2.45) is 0 Å². The van der Waals surface area contributed by atoms with Crippen molar-refractivity contribution in [3.63, 3.8) is 0 Å². The summed E-state index contributed by atoms with van der Waals surface area (Å²) in [6.45, 7) is 5.62. The average Bonchev–Trinajstić information content (AvgIpc) is 2.90. The summed E-state index contributed by atoms with van der Waals surface area (Å²) in [5, 5.41) is 9.69. The van der Waals surface area contributed by atoms with Crippen LogP contribution in [0.5, 0.6) is 5.75 Å². The van der Waals surface area contributed by atoms with E-state index in [2.05, 4.69) is 4.98 Å². The number of benzene rings is 1. The second-order valence-corrected chi connectivity index (χ2v) is 6.95. The Hall–Kier alpha value is -2.41. The van der Waals surface area contributed by atoms with Crippen molar-refractivity contribution >= 4 is 23.2 Å². The molecule has 0 saturated carbocycles. The molecule has 2 aromatic rings. The van der Waals surface area contributed by atoms with Crippen LogP contribution in [0.2, 0.25) is 0 Å². The Morgan fingerprint density at radius 3 is 2.38 bits per heavy atom. The third-order valence-corrected chi connectivity index (χ3v) is 4.35. The van der Waals surface area contributed by atoms with E-state index in [4.69, 9.17) is 9.84 Å². The SMILES string of the molecule is Cc1ncc(CN(C)C(=O)c2cc(C)c(OCC(=O)O)c(C)c2)s1. The van der Waals surface area contributed by atoms with Crippen molar-refractivity contribution in [2.75, 3.05) is 13.7 Å². The molecule has 0 radical (unpaired) electrons. The van der Waals surface area contributed by atoms with Crippen LogP contribution in [0.15, 0.2) is 18.3 Å². The number of ether oxygens (including phenoxy) is 1. The fourth-order valence-electron chi connectivity index (χ4n) is 2.44. The number of nitrogens with zero attached hydrogens (tertiary/aromatic N) is 2. The number of hydrogen-bond acceptors (Lipinski definition) is 5. The molecule has 1 aromatic heterocycles. The maximum atomic E-state index is 12.6. The van der Waals surface area contributed by atoms with Gasteiger partial charge in [-0.25, -0.2) is 9.78 Å². The van der Waals surface area contributed by atoms with Crippen LogP contribution in [0.25, 0.3) is 0 Å². The zero-order chi connectivity index (χ0) is 17.9. The van der Waals surface area contributed by atoms with E-state index in [-0.39, 0.29) is 5.91 Å². The van der Waals surface area contributed by atoms with Gasteiger partial charge in [-0.2, -0.15) is 0 Å². The molecular formula is C17H20N2O4S. The van der Waals surface area contributed by atoms with E-state index < -0.39 is 12.6 Å². The molecule has 1 aromatic carbocycles. The van der Waals surface area contributed by atoms with Crippen molar-refractivity contribution in [3.8, 4) is 5.75 Å². The van der Waals surface area contributed by atoms with Crippen LogP contribution in [0.1, 0.15) is 31.4 Å². The third-order valence-electron chi connectivity index (χ3n) is 3.46. The highest BCUT2D eigenvalue weighted by molar-refractivity contribution is 7.11. The van der Waals surface area contributed by atoms with Crippen LogP contribution in [0.3, 0.4) is 0 Å². The molecule has 2 rings (SSSR count). The van der Waals surface area contributed by atoms with Crippen molar-refractivity contribution in [1.82, 2.24) is 9.88 Å². The predicted octanol–water partition coefficient (Wildman–Crippen LogP) is 2.80. The number of carbonyl (C=O) groups is 2. The van der Waals surface area contributed by atoms with Gasteiger partial charge in [0.05, 0.1) is 11.6 Å². The predicted molar refractivity (Wildman–Crippen MR) is 91.7 cm³/mol. The number of rotatable bonds is 6. The van der Waals surface area contributed by atoms with Crippen LogP contribution in [-0.2, 0) is 11.3 Å². The van der Waals surface area contributed by atoms with E-state index in [1.54, 1.807) is 55.5 Å². The monoisotopic (exact) mass is 348 g/mol. The van der Waals surface area contributed by atoms with E-state index in [9.17, 15) is 9.59 Å². The molecule has 0 bridgehead atoms. The van der Waals surface area contributed by atoms with Gasteiger partial charge in [-0.05, 0) is 44.0 Å². The summed E-state index contributed by atoms with van der Waals surface area (Å²) in [7, 11) is 1.75. The number of carbonyl (C=O) groups excluding carboxylic acids is 1. The standard InChI is InChI=1S/C17H20N2O4S/c1-10-5-13(6-11(2)16(10)23-9-15(20)21)17(22)19(4)8-14-7-18-12(3)24-14/h5-7H,8-9H2,1-4H3,(H,20,21). The minimum Gasteiger partial charge on any atom is -0.481 e. The second kappa shape index (κ2) is 7.44. The van der Waals surface area contributed by atoms with Gasteiger partial charge in [0, 0.05) is 23.7 Å². The molecule has 0 spiro atoms. The Morgan fingerprint density at radius 2 is 1.88 bits per heavy atom. The number of carboxylic acids is 1. The maximum absolute atomic E-state index is 12.6. The summed E-state index contributed by atoms with van der Waals surface area (Å²) in [5.41, 5.74) is 2.03. The Morgan fingerprint density at radius 1 is 1.25 bits per heavy atom. The minimum atomic E-state index is -1.03. The molecule has 6 nitrogen and oxygen atoms in total. The normalized spacial score (nSPS) is 10.5. The molecule has 0 saturated heterocycles. The van der Waals surface area contributed by atoms with Crippen LogP contribution in [-0.4, -0.2) is 40.5 Å². The van der Waals surface area contributed by atoms with E-state index in [0.717, 1.165) is 21.0 Å². The molecule has 1 heterocycles. The Labute approximate surface area is 144 Å². The summed E-state index contributed by atoms with van der Waals surface area (Å²) < 4.78 is 5.29. The fraction of sp³-hybridized carbons (Fsp3) is 0.353. The van der Waals surface area contributed by atoms with Gasteiger partial charge < -0.3 is 14.7 Å². The van der Waals surface area contributed by atoms with Crippen LogP contribution >= 0.6 is 11.3 Å². The number of aromatic nitrogens is 1. The van der Waals surface area contributed by atoms with Gasteiger partial charge in [-0.15, -0.1) is 11.3 Å². The lowest BCUT2D eigenvalue weighted by Crippen LogP contribution is -2.26. The lowest BCUT2D eigenvalue weighted by Gasteiger charge is -2.18. The van der Waals surface area contributed by atoms with Crippen molar-refractivity contribution in [3.05, 3.63) is 44.9 Å². The molecule has 7 heteroatoms. The highest BCUT2D eigenvalue weighted by Gasteiger charge is 2.16. The molecule has 0 fully saturated rings. The quantitative estimate of drug-likeness (QED) is 0.868. The van der Waals surface area contributed by atoms with Gasteiger partial charge in [0.15, 0.2) is 6.61 Å². The number of hydrogen-bond donors (Lipinski definition) is 1. The molecule has 0 unspecified atom stereocenters. The molecule has 1 N–H and O–H groups in total. The zero-order valence-corrected chi connectivity index (χ0v) is 14.9. The fourth-order valence-corrected chi connectivity index (χ4v) is 3.29. The smallest absolute Gasteiger partial charge is 0.341 e. The van der Waals surface area contributed by atoms with Gasteiger partial charge in [0.25, 0.3) is 5.91 Å². The molecule has 0 aliphatic rings. The summed E-state index contributed by atoms with van der Waals surface area (Å²) in [6, 6.07) is 3.45. The molecule has 1 amide bonds. The maximum Gasteiger partial charge on any atom is 0.341 e. The topological polar surface area (TPSA) is 79.7 Å². The Balaban J connectivity index is 2.15. The molecule has 24 heavy (non-hydrogen) atoms. The minimum absolute atomic E-state index is 0.1000. The number of amides is 1. The summed E-state index contributed by atoms with van der Waals surface area (Å²) >= 11 is 1.57. The number of aliphatic carboxylic acids is 1. The first kappa shape index (κ1) is 17.9. The third kappa shape index (κ3) is 4.32.